The largest absolute Gasteiger partial charge is 0.378 e. The van der Waals surface area contributed by atoms with Crippen LogP contribution in [0.15, 0.2) is 60.8 Å². The number of carbonyl (C=O) groups excluding carboxylic acids is 1. The Morgan fingerprint density at radius 3 is 2.50 bits per heavy atom. The van der Waals surface area contributed by atoms with Crippen molar-refractivity contribution < 1.29 is 9.53 Å². The van der Waals surface area contributed by atoms with Crippen molar-refractivity contribution in [2.24, 2.45) is 5.73 Å². The van der Waals surface area contributed by atoms with Crippen molar-refractivity contribution in [3.05, 3.63) is 71.9 Å². The summed E-state index contributed by atoms with van der Waals surface area (Å²) in [5.41, 5.74) is 8.81. The van der Waals surface area contributed by atoms with E-state index in [1.165, 1.54) is 6.20 Å². The third-order valence-electron chi connectivity index (χ3n) is 4.86. The molecule has 154 valence electrons. The minimum atomic E-state index is -0.577. The molecule has 0 bridgehead atoms. The Balaban J connectivity index is 1.47. The number of morpholine rings is 1. The highest BCUT2D eigenvalue weighted by Crippen LogP contribution is 2.22. The van der Waals surface area contributed by atoms with Crippen LogP contribution in [0.25, 0.3) is 0 Å². The molecule has 3 aromatic rings. The fraction of sp³-hybridized carbons (Fsp3) is 0.227. The van der Waals surface area contributed by atoms with Gasteiger partial charge in [-0.25, -0.2) is 4.98 Å². The lowest BCUT2D eigenvalue weighted by Gasteiger charge is -2.28. The number of benzene rings is 2. The molecule has 4 N–H and O–H groups in total. The lowest BCUT2D eigenvalue weighted by atomic mass is 10.2. The average molecular weight is 404 g/mol. The van der Waals surface area contributed by atoms with Gasteiger partial charge in [0.15, 0.2) is 0 Å². The second-order valence-electron chi connectivity index (χ2n) is 6.93. The Hall–Kier alpha value is -3.65. The maximum absolute atomic E-state index is 11.8. The minimum absolute atomic E-state index is 0.249. The monoisotopic (exact) mass is 404 g/mol. The van der Waals surface area contributed by atoms with E-state index < -0.39 is 5.91 Å². The number of aromatic nitrogens is 2. The molecule has 0 saturated carbocycles. The summed E-state index contributed by atoms with van der Waals surface area (Å²) in [5, 5.41) is 6.36. The highest BCUT2D eigenvalue weighted by atomic mass is 16.5. The van der Waals surface area contributed by atoms with E-state index in [2.05, 4.69) is 37.6 Å². The zero-order valence-corrected chi connectivity index (χ0v) is 16.5. The highest BCUT2D eigenvalue weighted by Gasteiger charge is 2.13. The van der Waals surface area contributed by atoms with Gasteiger partial charge in [-0.3, -0.25) is 4.79 Å². The van der Waals surface area contributed by atoms with Crippen LogP contribution in [0.2, 0.25) is 0 Å². The first-order valence-corrected chi connectivity index (χ1v) is 9.83. The Kier molecular flexibility index (Phi) is 6.05. The van der Waals surface area contributed by atoms with E-state index in [9.17, 15) is 4.79 Å². The molecule has 30 heavy (non-hydrogen) atoms. The summed E-state index contributed by atoms with van der Waals surface area (Å²) in [5.74, 6) is 0.204. The molecule has 0 unspecified atom stereocenters. The van der Waals surface area contributed by atoms with Gasteiger partial charge in [0.1, 0.15) is 5.82 Å². The quantitative estimate of drug-likeness (QED) is 0.556. The molecular weight excluding hydrogens is 380 g/mol. The molecule has 1 saturated heterocycles. The number of ether oxygens (including phenoxy) is 1. The van der Waals surface area contributed by atoms with Gasteiger partial charge in [-0.1, -0.05) is 30.3 Å². The van der Waals surface area contributed by atoms with Gasteiger partial charge in [0.05, 0.1) is 18.8 Å². The number of primary amides is 1. The fourth-order valence-electron chi connectivity index (χ4n) is 3.25. The van der Waals surface area contributed by atoms with E-state index in [0.29, 0.717) is 18.3 Å². The van der Waals surface area contributed by atoms with Gasteiger partial charge in [-0.15, -0.1) is 0 Å². The summed E-state index contributed by atoms with van der Waals surface area (Å²) in [6.07, 6.45) is 1.44. The third kappa shape index (κ3) is 4.84. The second-order valence-corrected chi connectivity index (χ2v) is 6.93. The maximum atomic E-state index is 11.8. The van der Waals surface area contributed by atoms with Crippen LogP contribution in [0.1, 0.15) is 15.9 Å². The van der Waals surface area contributed by atoms with Crippen molar-refractivity contribution in [3.8, 4) is 0 Å². The van der Waals surface area contributed by atoms with Gasteiger partial charge in [0, 0.05) is 37.2 Å². The third-order valence-corrected chi connectivity index (χ3v) is 4.86. The topological polar surface area (TPSA) is 105 Å². The van der Waals surface area contributed by atoms with E-state index in [4.69, 9.17) is 10.5 Å². The first-order chi connectivity index (χ1) is 14.7. The highest BCUT2D eigenvalue weighted by molar-refractivity contribution is 5.97. The lowest BCUT2D eigenvalue weighted by Crippen LogP contribution is -2.36. The van der Waals surface area contributed by atoms with Gasteiger partial charge in [0.2, 0.25) is 5.95 Å². The van der Waals surface area contributed by atoms with Crippen molar-refractivity contribution >= 4 is 29.0 Å². The first kappa shape index (κ1) is 19.7. The second kappa shape index (κ2) is 9.23. The molecule has 0 aliphatic carbocycles. The first-order valence-electron chi connectivity index (χ1n) is 9.83. The lowest BCUT2D eigenvalue weighted by molar-refractivity contribution is 0.100. The van der Waals surface area contributed by atoms with Crippen molar-refractivity contribution in [1.29, 1.82) is 0 Å². The molecule has 1 aliphatic rings. The van der Waals surface area contributed by atoms with Crippen LogP contribution < -0.4 is 21.3 Å². The molecule has 0 radical (unpaired) electrons. The van der Waals surface area contributed by atoms with Crippen LogP contribution in [-0.4, -0.2) is 42.2 Å². The molecule has 2 aromatic carbocycles. The summed E-state index contributed by atoms with van der Waals surface area (Å²) in [6.45, 7) is 3.80. The normalized spacial score (nSPS) is 13.7. The predicted molar refractivity (Wildman–Crippen MR) is 117 cm³/mol. The zero-order chi connectivity index (χ0) is 20.8. The smallest absolute Gasteiger partial charge is 0.254 e. The SMILES string of the molecule is NC(=O)c1cnc(Nc2ccc(N3CCOCC3)cc2)nc1NCc1ccccc1. The molecule has 8 nitrogen and oxygen atoms in total. The number of carbonyl (C=O) groups is 1. The van der Waals surface area contributed by atoms with Crippen LogP contribution in [-0.2, 0) is 11.3 Å². The standard InChI is InChI=1S/C22H24N6O2/c23-20(29)19-15-25-22(27-21(19)24-14-16-4-2-1-3-5-16)26-17-6-8-18(9-7-17)28-10-12-30-13-11-28/h1-9,15H,10-14H2,(H2,23,29)(H2,24,25,26,27). The van der Waals surface area contributed by atoms with Crippen LogP contribution in [0.4, 0.5) is 23.1 Å². The fourth-order valence-corrected chi connectivity index (χ4v) is 3.25. The molecule has 1 aromatic heterocycles. The van der Waals surface area contributed by atoms with Crippen LogP contribution in [0.3, 0.4) is 0 Å². The molecule has 1 amide bonds. The van der Waals surface area contributed by atoms with Gasteiger partial charge in [-0.2, -0.15) is 4.98 Å². The zero-order valence-electron chi connectivity index (χ0n) is 16.5. The molecule has 1 fully saturated rings. The van der Waals surface area contributed by atoms with Gasteiger partial charge < -0.3 is 26.0 Å². The summed E-state index contributed by atoms with van der Waals surface area (Å²) in [7, 11) is 0. The Morgan fingerprint density at radius 2 is 1.80 bits per heavy atom. The Morgan fingerprint density at radius 1 is 1.07 bits per heavy atom. The molecule has 8 heteroatoms. The van der Waals surface area contributed by atoms with Crippen molar-refractivity contribution in [1.82, 2.24) is 9.97 Å². The number of anilines is 4. The molecule has 0 spiro atoms. The molecule has 4 rings (SSSR count). The van der Waals surface area contributed by atoms with Gasteiger partial charge >= 0.3 is 0 Å². The number of nitrogens with one attached hydrogen (secondary N) is 2. The van der Waals surface area contributed by atoms with E-state index in [1.54, 1.807) is 0 Å². The van der Waals surface area contributed by atoms with Gasteiger partial charge in [-0.05, 0) is 29.8 Å². The summed E-state index contributed by atoms with van der Waals surface area (Å²) < 4.78 is 5.40. The predicted octanol–water partition coefficient (Wildman–Crippen LogP) is 2.77. The summed E-state index contributed by atoms with van der Waals surface area (Å²) >= 11 is 0. The van der Waals surface area contributed by atoms with Gasteiger partial charge in [0.25, 0.3) is 5.91 Å². The summed E-state index contributed by atoms with van der Waals surface area (Å²) in [4.78, 5) is 22.7. The number of amides is 1. The van der Waals surface area contributed by atoms with Crippen LogP contribution in [0.5, 0.6) is 0 Å². The maximum Gasteiger partial charge on any atom is 0.254 e. The van der Waals surface area contributed by atoms with Crippen LogP contribution in [0, 0.1) is 0 Å². The average Bonchev–Trinajstić information content (AvgIpc) is 2.79. The summed E-state index contributed by atoms with van der Waals surface area (Å²) in [6, 6.07) is 17.9. The number of nitrogens with zero attached hydrogens (tertiary/aromatic N) is 3. The molecule has 1 aliphatic heterocycles. The van der Waals surface area contributed by atoms with E-state index >= 15 is 0 Å². The molecule has 2 heterocycles. The number of hydrogen-bond acceptors (Lipinski definition) is 7. The Labute approximate surface area is 175 Å². The van der Waals surface area contributed by atoms with E-state index in [0.717, 1.165) is 43.2 Å². The number of nitrogens with two attached hydrogens (primary N) is 1. The van der Waals surface area contributed by atoms with Crippen molar-refractivity contribution in [3.63, 3.8) is 0 Å². The van der Waals surface area contributed by atoms with E-state index in [-0.39, 0.29) is 5.56 Å². The van der Waals surface area contributed by atoms with E-state index in [1.807, 2.05) is 42.5 Å². The molecular formula is C22H24N6O2. The number of rotatable bonds is 7. The molecule has 0 atom stereocenters. The van der Waals surface area contributed by atoms with Crippen LogP contribution >= 0.6 is 0 Å². The number of hydrogen-bond donors (Lipinski definition) is 3. The van der Waals surface area contributed by atoms with Crippen molar-refractivity contribution in [2.75, 3.05) is 41.8 Å². The Bertz CT molecular complexity index is 988. The van der Waals surface area contributed by atoms with Crippen molar-refractivity contribution in [2.45, 2.75) is 6.54 Å². The minimum Gasteiger partial charge on any atom is -0.378 e.